The van der Waals surface area contributed by atoms with E-state index in [2.05, 4.69) is 18.9 Å². The van der Waals surface area contributed by atoms with E-state index in [0.29, 0.717) is 0 Å². The molecule has 0 heterocycles. The fourth-order valence-corrected chi connectivity index (χ4v) is 1.44. The van der Waals surface area contributed by atoms with Crippen molar-refractivity contribution in [3.05, 3.63) is 0 Å². The van der Waals surface area contributed by atoms with Crippen molar-refractivity contribution < 1.29 is 5.11 Å². The van der Waals surface area contributed by atoms with E-state index in [1.807, 2.05) is 0 Å². The predicted octanol–water partition coefficient (Wildman–Crippen LogP) is 2.04. The number of hydrogen-bond acceptors (Lipinski definition) is 2. The number of halogens is 1. The van der Waals surface area contributed by atoms with Crippen LogP contribution in [-0.2, 0) is 0 Å². The molecule has 0 atom stereocenters. The number of rotatable bonds is 9. The SMILES string of the molecule is CCCCCCCCN(C)CCO.Cl.[NaH]. The van der Waals surface area contributed by atoms with Crippen molar-refractivity contribution in [3.8, 4) is 0 Å². The monoisotopic (exact) mass is 247 g/mol. The normalized spacial score (nSPS) is 9.60. The van der Waals surface area contributed by atoms with Gasteiger partial charge in [0, 0.05) is 6.54 Å². The molecule has 0 fully saturated rings. The summed E-state index contributed by atoms with van der Waals surface area (Å²) < 4.78 is 0. The molecule has 15 heavy (non-hydrogen) atoms. The van der Waals surface area contributed by atoms with E-state index >= 15 is 0 Å². The first-order chi connectivity index (χ1) is 6.31. The molecule has 1 N–H and O–H groups in total. The van der Waals surface area contributed by atoms with Crippen molar-refractivity contribution in [2.24, 2.45) is 0 Å². The van der Waals surface area contributed by atoms with Crippen LogP contribution in [0.4, 0.5) is 0 Å². The molecule has 0 amide bonds. The van der Waals surface area contributed by atoms with Gasteiger partial charge in [-0.1, -0.05) is 39.0 Å². The predicted molar refractivity (Wildman–Crippen MR) is 72.4 cm³/mol. The first-order valence-electron chi connectivity index (χ1n) is 5.60. The van der Waals surface area contributed by atoms with Crippen LogP contribution >= 0.6 is 12.4 Å². The molecule has 0 aromatic heterocycles. The third-order valence-electron chi connectivity index (χ3n) is 2.38. The second kappa shape index (κ2) is 17.6. The van der Waals surface area contributed by atoms with E-state index in [4.69, 9.17) is 5.11 Å². The van der Waals surface area contributed by atoms with Gasteiger partial charge in [0.25, 0.3) is 0 Å². The van der Waals surface area contributed by atoms with Gasteiger partial charge in [0.05, 0.1) is 6.61 Å². The summed E-state index contributed by atoms with van der Waals surface area (Å²) >= 11 is 0. The summed E-state index contributed by atoms with van der Waals surface area (Å²) in [5.41, 5.74) is 0. The topological polar surface area (TPSA) is 23.5 Å². The van der Waals surface area contributed by atoms with Crippen molar-refractivity contribution in [1.82, 2.24) is 4.90 Å². The third-order valence-corrected chi connectivity index (χ3v) is 2.38. The number of aliphatic hydroxyl groups is 1. The summed E-state index contributed by atoms with van der Waals surface area (Å²) in [5, 5.41) is 8.67. The molecule has 0 aromatic carbocycles. The van der Waals surface area contributed by atoms with Crippen molar-refractivity contribution in [3.63, 3.8) is 0 Å². The Morgan fingerprint density at radius 2 is 1.47 bits per heavy atom. The Kier molecular flexibility index (Phi) is 25.2. The van der Waals surface area contributed by atoms with Crippen LogP contribution in [0, 0.1) is 0 Å². The van der Waals surface area contributed by atoms with Crippen LogP contribution in [-0.4, -0.2) is 66.3 Å². The summed E-state index contributed by atoms with van der Waals surface area (Å²) in [4.78, 5) is 2.19. The van der Waals surface area contributed by atoms with E-state index in [9.17, 15) is 0 Å². The summed E-state index contributed by atoms with van der Waals surface area (Å²) in [5.74, 6) is 0. The van der Waals surface area contributed by atoms with Gasteiger partial charge >= 0.3 is 29.6 Å². The van der Waals surface area contributed by atoms with Gasteiger partial charge in [-0.15, -0.1) is 12.4 Å². The van der Waals surface area contributed by atoms with Crippen LogP contribution in [0.3, 0.4) is 0 Å². The maximum atomic E-state index is 8.67. The molecule has 0 aliphatic carbocycles. The van der Waals surface area contributed by atoms with Gasteiger partial charge in [-0.25, -0.2) is 0 Å². The quantitative estimate of drug-likeness (QED) is 0.498. The van der Waals surface area contributed by atoms with Crippen LogP contribution in [0.15, 0.2) is 0 Å². The Morgan fingerprint density at radius 3 is 2.00 bits per heavy atom. The minimum atomic E-state index is 0. The Morgan fingerprint density at radius 1 is 0.933 bits per heavy atom. The van der Waals surface area contributed by atoms with Crippen LogP contribution in [0.1, 0.15) is 45.4 Å². The summed E-state index contributed by atoms with van der Waals surface area (Å²) in [6, 6.07) is 0. The van der Waals surface area contributed by atoms with Gasteiger partial charge in [-0.3, -0.25) is 0 Å². The molecule has 0 saturated heterocycles. The molecule has 0 radical (unpaired) electrons. The molecule has 0 aliphatic heterocycles. The van der Waals surface area contributed by atoms with E-state index in [1.54, 1.807) is 0 Å². The fourth-order valence-electron chi connectivity index (χ4n) is 1.44. The molecule has 0 spiro atoms. The van der Waals surface area contributed by atoms with Gasteiger partial charge in [0.15, 0.2) is 0 Å². The Bertz CT molecular complexity index is 107. The van der Waals surface area contributed by atoms with Gasteiger partial charge in [0.1, 0.15) is 0 Å². The molecule has 0 saturated carbocycles. The molecule has 0 aliphatic rings. The standard InChI is InChI=1S/C11H25NO.ClH.Na.H/c1-3-4-5-6-7-8-9-12(2)10-11-13;;;/h13H,3-11H2,1-2H3;1H;;. The van der Waals surface area contributed by atoms with Crippen molar-refractivity contribution >= 4 is 42.0 Å². The maximum absolute atomic E-state index is 8.67. The molecule has 0 rings (SSSR count). The average molecular weight is 248 g/mol. The zero-order valence-electron chi connectivity index (χ0n) is 9.67. The van der Waals surface area contributed by atoms with Crippen molar-refractivity contribution in [2.45, 2.75) is 45.4 Å². The van der Waals surface area contributed by atoms with Gasteiger partial charge in [-0.2, -0.15) is 0 Å². The third kappa shape index (κ3) is 17.8. The average Bonchev–Trinajstić information content (AvgIpc) is 2.11. The summed E-state index contributed by atoms with van der Waals surface area (Å²) in [6.45, 7) is 4.48. The van der Waals surface area contributed by atoms with E-state index in [0.717, 1.165) is 13.1 Å². The number of hydrogen-bond donors (Lipinski definition) is 1. The summed E-state index contributed by atoms with van der Waals surface area (Å²) in [6.07, 6.45) is 8.09. The number of unbranched alkanes of at least 4 members (excludes halogenated alkanes) is 5. The van der Waals surface area contributed by atoms with Crippen LogP contribution < -0.4 is 0 Å². The Labute approximate surface area is 124 Å². The molecule has 0 bridgehead atoms. The fraction of sp³-hybridized carbons (Fsp3) is 1.00. The van der Waals surface area contributed by atoms with Crippen molar-refractivity contribution in [2.75, 3.05) is 26.7 Å². The van der Waals surface area contributed by atoms with Crippen LogP contribution in [0.25, 0.3) is 0 Å². The molecular formula is C11H27ClNNaO. The van der Waals surface area contributed by atoms with Gasteiger partial charge < -0.3 is 10.0 Å². The van der Waals surface area contributed by atoms with E-state index in [-0.39, 0.29) is 48.6 Å². The molecule has 4 heteroatoms. The van der Waals surface area contributed by atoms with Gasteiger partial charge in [-0.05, 0) is 20.0 Å². The molecular weight excluding hydrogens is 221 g/mol. The first kappa shape index (κ1) is 21.5. The second-order valence-corrected chi connectivity index (χ2v) is 3.79. The molecule has 90 valence electrons. The Hall–Kier alpha value is 1.21. The van der Waals surface area contributed by atoms with E-state index < -0.39 is 0 Å². The second-order valence-electron chi connectivity index (χ2n) is 3.79. The van der Waals surface area contributed by atoms with Crippen LogP contribution in [0.5, 0.6) is 0 Å². The van der Waals surface area contributed by atoms with Crippen LogP contribution in [0.2, 0.25) is 0 Å². The van der Waals surface area contributed by atoms with E-state index in [1.165, 1.54) is 38.5 Å². The zero-order chi connectivity index (χ0) is 9.94. The molecule has 0 unspecified atom stereocenters. The van der Waals surface area contributed by atoms with Crippen molar-refractivity contribution in [1.29, 1.82) is 0 Å². The zero-order valence-corrected chi connectivity index (χ0v) is 10.5. The minimum absolute atomic E-state index is 0. The number of nitrogens with zero attached hydrogens (tertiary/aromatic N) is 1. The number of likely N-dealkylation sites (N-methyl/N-ethyl adjacent to an activating group) is 1. The summed E-state index contributed by atoms with van der Waals surface area (Å²) in [7, 11) is 2.07. The van der Waals surface area contributed by atoms with Gasteiger partial charge in [0.2, 0.25) is 0 Å². The Balaban J connectivity index is -0.000000720. The number of aliphatic hydroxyl groups excluding tert-OH is 1. The first-order valence-corrected chi connectivity index (χ1v) is 5.60. The molecule has 2 nitrogen and oxygen atoms in total. The molecule has 0 aromatic rings.